The smallest absolute Gasteiger partial charge is 0.253 e. The van der Waals surface area contributed by atoms with E-state index in [4.69, 9.17) is 4.74 Å². The van der Waals surface area contributed by atoms with Crippen molar-refractivity contribution >= 4 is 5.91 Å². The Hall–Kier alpha value is -2.33. The number of rotatable bonds is 5. The maximum absolute atomic E-state index is 13.0. The highest BCUT2D eigenvalue weighted by Crippen LogP contribution is 2.59. The summed E-state index contributed by atoms with van der Waals surface area (Å²) >= 11 is 0. The molecule has 28 heavy (non-hydrogen) atoms. The van der Waals surface area contributed by atoms with Gasteiger partial charge in [0.05, 0.1) is 5.60 Å². The molecule has 2 atom stereocenters. The van der Waals surface area contributed by atoms with E-state index in [9.17, 15) is 9.90 Å². The van der Waals surface area contributed by atoms with Gasteiger partial charge in [0, 0.05) is 26.9 Å². The standard InChI is InChI=1S/C24H29NO3.2H2/c1-17-13-18(9-10-21(17)28-16-23(2,3)27)22(26)25-12-11-24(14-20(24)15-25)19-7-5-4-6-8-19;;/h4-10,13,20,27H,11-12,14-16H2,1-3H3;2*1H/t20-,24+;;/m1../s1. The average Bonchev–Trinajstić information content (AvgIpc) is 3.41. The van der Waals surface area contributed by atoms with Gasteiger partial charge in [-0.3, -0.25) is 4.79 Å². The maximum atomic E-state index is 13.0. The number of carbonyl (C=O) groups excluding carboxylic acids is 1. The third-order valence-electron chi connectivity index (χ3n) is 6.14. The molecule has 0 spiro atoms. The zero-order chi connectivity index (χ0) is 19.9. The number of ether oxygens (including phenoxy) is 1. The Kier molecular flexibility index (Phi) is 4.70. The molecule has 1 saturated carbocycles. The van der Waals surface area contributed by atoms with E-state index in [-0.39, 0.29) is 15.4 Å². The van der Waals surface area contributed by atoms with Gasteiger partial charge in [-0.2, -0.15) is 0 Å². The van der Waals surface area contributed by atoms with E-state index in [1.54, 1.807) is 13.8 Å². The molecular formula is C24H33NO3. The Morgan fingerprint density at radius 3 is 2.68 bits per heavy atom. The van der Waals surface area contributed by atoms with E-state index < -0.39 is 5.60 Å². The molecule has 4 rings (SSSR count). The SMILES string of the molecule is Cc1cc(C(=O)N2CC[C@@]3(c4ccccc4)C[C@@H]3C2)ccc1OCC(C)(C)O.[HH].[HH]. The lowest BCUT2D eigenvalue weighted by Gasteiger charge is -2.32. The molecule has 2 aromatic carbocycles. The van der Waals surface area contributed by atoms with Gasteiger partial charge in [-0.05, 0) is 68.9 Å². The van der Waals surface area contributed by atoms with Crippen molar-refractivity contribution in [1.29, 1.82) is 0 Å². The minimum absolute atomic E-state index is 0. The fourth-order valence-electron chi connectivity index (χ4n) is 4.45. The van der Waals surface area contributed by atoms with Gasteiger partial charge in [-0.1, -0.05) is 30.3 Å². The highest BCUT2D eigenvalue weighted by molar-refractivity contribution is 5.94. The molecule has 0 bridgehead atoms. The topological polar surface area (TPSA) is 49.8 Å². The number of aryl methyl sites for hydroxylation is 1. The van der Waals surface area contributed by atoms with Crippen LogP contribution < -0.4 is 4.74 Å². The predicted molar refractivity (Wildman–Crippen MR) is 114 cm³/mol. The number of amides is 1. The summed E-state index contributed by atoms with van der Waals surface area (Å²) in [4.78, 5) is 15.0. The predicted octanol–water partition coefficient (Wildman–Crippen LogP) is 4.44. The summed E-state index contributed by atoms with van der Waals surface area (Å²) in [6, 6.07) is 16.3. The number of piperidine rings is 1. The normalized spacial score (nSPS) is 23.9. The largest absolute Gasteiger partial charge is 0.490 e. The lowest BCUT2D eigenvalue weighted by molar-refractivity contribution is 0.0282. The van der Waals surface area contributed by atoms with Crippen LogP contribution in [0.1, 0.15) is 51.0 Å². The molecule has 2 aromatic rings. The molecule has 152 valence electrons. The molecule has 1 aliphatic heterocycles. The first kappa shape index (κ1) is 19.0. The Labute approximate surface area is 170 Å². The van der Waals surface area contributed by atoms with Crippen molar-refractivity contribution < 1.29 is 17.5 Å². The summed E-state index contributed by atoms with van der Waals surface area (Å²) in [6.45, 7) is 7.22. The molecule has 2 fully saturated rings. The van der Waals surface area contributed by atoms with Gasteiger partial charge in [0.25, 0.3) is 5.91 Å². The van der Waals surface area contributed by atoms with E-state index >= 15 is 0 Å². The second-order valence-corrected chi connectivity index (χ2v) is 9.01. The Morgan fingerprint density at radius 2 is 2.04 bits per heavy atom. The van der Waals surface area contributed by atoms with E-state index in [0.717, 1.165) is 25.1 Å². The summed E-state index contributed by atoms with van der Waals surface area (Å²) in [5, 5.41) is 9.83. The van der Waals surface area contributed by atoms with Crippen LogP contribution in [0.3, 0.4) is 0 Å². The first-order chi connectivity index (χ1) is 13.3. The first-order valence-electron chi connectivity index (χ1n) is 10.1. The van der Waals surface area contributed by atoms with Gasteiger partial charge in [-0.25, -0.2) is 0 Å². The van der Waals surface area contributed by atoms with Crippen molar-refractivity contribution in [2.24, 2.45) is 5.92 Å². The van der Waals surface area contributed by atoms with Crippen LogP contribution in [0, 0.1) is 12.8 Å². The average molecular weight is 384 g/mol. The van der Waals surface area contributed by atoms with Crippen molar-refractivity contribution in [1.82, 2.24) is 4.90 Å². The van der Waals surface area contributed by atoms with Gasteiger partial charge in [0.2, 0.25) is 0 Å². The second-order valence-electron chi connectivity index (χ2n) is 9.01. The van der Waals surface area contributed by atoms with Crippen LogP contribution in [-0.2, 0) is 5.41 Å². The van der Waals surface area contributed by atoms with Crippen LogP contribution in [0.25, 0.3) is 0 Å². The number of carbonyl (C=O) groups is 1. The van der Waals surface area contributed by atoms with Crippen LogP contribution >= 0.6 is 0 Å². The zero-order valence-corrected chi connectivity index (χ0v) is 16.9. The summed E-state index contributed by atoms with van der Waals surface area (Å²) in [6.07, 6.45) is 2.22. The van der Waals surface area contributed by atoms with E-state index in [1.807, 2.05) is 30.0 Å². The number of likely N-dealkylation sites (tertiary alicyclic amines) is 1. The summed E-state index contributed by atoms with van der Waals surface area (Å²) in [5.74, 6) is 1.39. The molecule has 1 aliphatic carbocycles. The van der Waals surface area contributed by atoms with E-state index in [2.05, 4.69) is 30.3 Å². The van der Waals surface area contributed by atoms with Crippen molar-refractivity contribution in [2.45, 2.75) is 44.6 Å². The van der Waals surface area contributed by atoms with Gasteiger partial charge in [-0.15, -0.1) is 0 Å². The van der Waals surface area contributed by atoms with Crippen LogP contribution in [0.2, 0.25) is 0 Å². The number of benzene rings is 2. The van der Waals surface area contributed by atoms with Gasteiger partial charge in [0.1, 0.15) is 12.4 Å². The monoisotopic (exact) mass is 383 g/mol. The number of fused-ring (bicyclic) bond motifs is 1. The van der Waals surface area contributed by atoms with Crippen LogP contribution in [0.5, 0.6) is 5.75 Å². The molecule has 0 radical (unpaired) electrons. The molecule has 1 amide bonds. The molecule has 2 aliphatic rings. The first-order valence-corrected chi connectivity index (χ1v) is 10.1. The highest BCUT2D eigenvalue weighted by Gasteiger charge is 2.57. The molecule has 1 N–H and O–H groups in total. The second kappa shape index (κ2) is 6.93. The van der Waals surface area contributed by atoms with Crippen LogP contribution in [0.15, 0.2) is 48.5 Å². The van der Waals surface area contributed by atoms with Crippen LogP contribution in [0.4, 0.5) is 0 Å². The highest BCUT2D eigenvalue weighted by atomic mass is 16.5. The summed E-state index contributed by atoms with van der Waals surface area (Å²) in [7, 11) is 0. The quantitative estimate of drug-likeness (QED) is 0.830. The zero-order valence-electron chi connectivity index (χ0n) is 16.9. The molecule has 4 heteroatoms. The number of nitrogens with zero attached hydrogens (tertiary/aromatic N) is 1. The van der Waals surface area contributed by atoms with Crippen molar-refractivity contribution in [3.05, 3.63) is 65.2 Å². The minimum atomic E-state index is -0.885. The lowest BCUT2D eigenvalue weighted by Crippen LogP contribution is -2.40. The van der Waals surface area contributed by atoms with Crippen molar-refractivity contribution in [2.75, 3.05) is 19.7 Å². The number of hydrogen-bond donors (Lipinski definition) is 1. The molecular weight excluding hydrogens is 350 g/mol. The molecule has 1 saturated heterocycles. The van der Waals surface area contributed by atoms with Gasteiger partial charge < -0.3 is 14.7 Å². The number of hydrogen-bond acceptors (Lipinski definition) is 3. The summed E-state index contributed by atoms with van der Waals surface area (Å²) < 4.78 is 5.69. The Balaban J connectivity index is 0.00000160. The van der Waals surface area contributed by atoms with Crippen LogP contribution in [-0.4, -0.2) is 41.2 Å². The molecule has 1 heterocycles. The third-order valence-corrected chi connectivity index (χ3v) is 6.14. The molecule has 0 unspecified atom stereocenters. The fourth-order valence-corrected chi connectivity index (χ4v) is 4.45. The van der Waals surface area contributed by atoms with E-state index in [1.165, 1.54) is 12.0 Å². The fraction of sp³-hybridized carbons (Fsp3) is 0.458. The molecule has 0 aromatic heterocycles. The van der Waals surface area contributed by atoms with Gasteiger partial charge in [0.15, 0.2) is 0 Å². The summed E-state index contributed by atoms with van der Waals surface area (Å²) in [5.41, 5.74) is 2.46. The Morgan fingerprint density at radius 1 is 1.29 bits per heavy atom. The van der Waals surface area contributed by atoms with E-state index in [0.29, 0.717) is 22.6 Å². The number of aliphatic hydroxyl groups is 1. The van der Waals surface area contributed by atoms with Crippen molar-refractivity contribution in [3.8, 4) is 5.75 Å². The maximum Gasteiger partial charge on any atom is 0.253 e. The van der Waals surface area contributed by atoms with Gasteiger partial charge >= 0.3 is 0 Å². The van der Waals surface area contributed by atoms with Crippen molar-refractivity contribution in [3.63, 3.8) is 0 Å². The molecule has 4 nitrogen and oxygen atoms in total. The Bertz CT molecular complexity index is 882. The minimum Gasteiger partial charge on any atom is -0.490 e. The third kappa shape index (κ3) is 3.66. The lowest BCUT2D eigenvalue weighted by atomic mass is 9.87.